The summed E-state index contributed by atoms with van der Waals surface area (Å²) < 4.78 is 5.13. The van der Waals surface area contributed by atoms with E-state index < -0.39 is 5.97 Å². The quantitative estimate of drug-likeness (QED) is 0.714. The average Bonchev–Trinajstić information content (AvgIpc) is 2.07. The second kappa shape index (κ2) is 4.94. The Morgan fingerprint density at radius 2 is 2.20 bits per heavy atom. The van der Waals surface area contributed by atoms with E-state index in [1.54, 1.807) is 0 Å². The van der Waals surface area contributed by atoms with Crippen molar-refractivity contribution in [3.05, 3.63) is 0 Å². The molecule has 1 N–H and O–H groups in total. The van der Waals surface area contributed by atoms with E-state index in [-0.39, 0.29) is 0 Å². The highest BCUT2D eigenvalue weighted by molar-refractivity contribution is 5.66. The molecule has 0 aromatic rings. The Hall–Kier alpha value is -0.610. The lowest BCUT2D eigenvalue weighted by Gasteiger charge is -2.42. The predicted octanol–water partition coefficient (Wildman–Crippen LogP) is 0.962. The van der Waals surface area contributed by atoms with Crippen molar-refractivity contribution in [2.45, 2.75) is 31.7 Å². The van der Waals surface area contributed by atoms with Gasteiger partial charge in [0.1, 0.15) is 0 Å². The fourth-order valence-electron chi connectivity index (χ4n) is 2.21. The molecule has 1 atom stereocenters. The lowest BCUT2D eigenvalue weighted by atomic mass is 9.95. The second-order valence-electron chi connectivity index (χ2n) is 4.60. The average molecular weight is 213 g/mol. The topological polar surface area (TPSA) is 49.8 Å². The molecule has 0 aromatic carbocycles. The largest absolute Gasteiger partial charge is 0.481 e. The Labute approximate surface area is 90.2 Å². The van der Waals surface area contributed by atoms with E-state index in [9.17, 15) is 4.79 Å². The maximum absolute atomic E-state index is 10.4. The van der Waals surface area contributed by atoms with Gasteiger partial charge in [-0.15, -0.1) is 0 Å². The van der Waals surface area contributed by atoms with Gasteiger partial charge in [0.25, 0.3) is 0 Å². The van der Waals surface area contributed by atoms with Gasteiger partial charge in [0.15, 0.2) is 0 Å². The van der Waals surface area contributed by atoms with Crippen molar-refractivity contribution in [1.29, 1.82) is 0 Å². The normalized spacial score (nSPS) is 27.1. The van der Waals surface area contributed by atoms with Crippen molar-refractivity contribution in [2.24, 2.45) is 5.92 Å². The van der Waals surface area contributed by atoms with E-state index in [1.807, 2.05) is 0 Å². The van der Waals surface area contributed by atoms with Gasteiger partial charge in [0, 0.05) is 18.4 Å². The zero-order valence-electron chi connectivity index (χ0n) is 9.02. The number of aliphatic carboxylic acids is 1. The van der Waals surface area contributed by atoms with Gasteiger partial charge in [-0.2, -0.15) is 0 Å². The smallest absolute Gasteiger partial charge is 0.303 e. The van der Waals surface area contributed by atoms with Gasteiger partial charge in [-0.1, -0.05) is 0 Å². The van der Waals surface area contributed by atoms with Crippen LogP contribution in [0.15, 0.2) is 0 Å². The number of ether oxygens (including phenoxy) is 1. The number of hydrogen-bond donors (Lipinski definition) is 1. The van der Waals surface area contributed by atoms with E-state index in [0.717, 1.165) is 38.6 Å². The van der Waals surface area contributed by atoms with Crippen LogP contribution in [0.4, 0.5) is 0 Å². The Bertz CT molecular complexity index is 228. The fraction of sp³-hybridized carbons (Fsp3) is 0.909. The fourth-order valence-corrected chi connectivity index (χ4v) is 2.21. The van der Waals surface area contributed by atoms with Gasteiger partial charge in [-0.3, -0.25) is 4.79 Å². The maximum atomic E-state index is 10.4. The van der Waals surface area contributed by atoms with Gasteiger partial charge in [0.05, 0.1) is 13.2 Å². The first kappa shape index (κ1) is 10.9. The Balaban J connectivity index is 1.58. The van der Waals surface area contributed by atoms with Crippen molar-refractivity contribution >= 4 is 5.97 Å². The SMILES string of the molecule is O=C(O)CCC1CCN1CCC1COC1. The molecule has 0 saturated carbocycles. The first-order chi connectivity index (χ1) is 7.25. The minimum atomic E-state index is -0.672. The minimum absolute atomic E-state index is 0.313. The van der Waals surface area contributed by atoms with E-state index in [0.29, 0.717) is 12.5 Å². The molecule has 86 valence electrons. The molecule has 0 aliphatic carbocycles. The summed E-state index contributed by atoms with van der Waals surface area (Å²) in [4.78, 5) is 12.9. The van der Waals surface area contributed by atoms with E-state index >= 15 is 0 Å². The van der Waals surface area contributed by atoms with Crippen LogP contribution in [0.1, 0.15) is 25.7 Å². The summed E-state index contributed by atoms with van der Waals surface area (Å²) in [5, 5.41) is 8.60. The molecule has 4 nitrogen and oxygen atoms in total. The number of carboxylic acids is 1. The lowest BCUT2D eigenvalue weighted by Crippen LogP contribution is -2.49. The highest BCUT2D eigenvalue weighted by Gasteiger charge is 2.29. The molecule has 0 aromatic heterocycles. The third-order valence-corrected chi connectivity index (χ3v) is 3.49. The van der Waals surface area contributed by atoms with Gasteiger partial charge >= 0.3 is 5.97 Å². The van der Waals surface area contributed by atoms with Crippen LogP contribution >= 0.6 is 0 Å². The van der Waals surface area contributed by atoms with E-state index in [1.165, 1.54) is 12.8 Å². The van der Waals surface area contributed by atoms with Crippen LogP contribution in [0.25, 0.3) is 0 Å². The molecular formula is C11H19NO3. The monoisotopic (exact) mass is 213 g/mol. The van der Waals surface area contributed by atoms with E-state index in [4.69, 9.17) is 9.84 Å². The van der Waals surface area contributed by atoms with Crippen molar-refractivity contribution < 1.29 is 14.6 Å². The summed E-state index contributed by atoms with van der Waals surface area (Å²) in [6.07, 6.45) is 3.52. The van der Waals surface area contributed by atoms with Crippen molar-refractivity contribution in [2.75, 3.05) is 26.3 Å². The number of hydrogen-bond acceptors (Lipinski definition) is 3. The Kier molecular flexibility index (Phi) is 3.59. The number of rotatable bonds is 6. The number of carbonyl (C=O) groups is 1. The highest BCUT2D eigenvalue weighted by atomic mass is 16.5. The summed E-state index contributed by atoms with van der Waals surface area (Å²) >= 11 is 0. The first-order valence-corrected chi connectivity index (χ1v) is 5.79. The summed E-state index contributed by atoms with van der Waals surface area (Å²) in [5.41, 5.74) is 0. The van der Waals surface area contributed by atoms with Gasteiger partial charge in [-0.25, -0.2) is 0 Å². The zero-order valence-corrected chi connectivity index (χ0v) is 9.02. The van der Waals surface area contributed by atoms with Crippen LogP contribution in [0, 0.1) is 5.92 Å². The maximum Gasteiger partial charge on any atom is 0.303 e. The lowest BCUT2D eigenvalue weighted by molar-refractivity contribution is -0.137. The first-order valence-electron chi connectivity index (χ1n) is 5.79. The molecule has 2 aliphatic rings. The summed E-state index contributed by atoms with van der Waals surface area (Å²) in [5.74, 6) is 0.0833. The molecule has 15 heavy (non-hydrogen) atoms. The molecule has 2 heterocycles. The molecule has 1 unspecified atom stereocenters. The standard InChI is InChI=1S/C11H19NO3/c13-11(14)2-1-10-4-6-12(10)5-3-9-7-15-8-9/h9-10H,1-8H2,(H,13,14). The molecule has 2 fully saturated rings. The molecule has 4 heteroatoms. The van der Waals surface area contributed by atoms with Gasteiger partial charge < -0.3 is 14.7 Å². The number of likely N-dealkylation sites (tertiary alicyclic amines) is 1. The molecular weight excluding hydrogens is 194 g/mol. The number of carboxylic acid groups (broad SMARTS) is 1. The Morgan fingerprint density at radius 3 is 2.67 bits per heavy atom. The highest BCUT2D eigenvalue weighted by Crippen LogP contribution is 2.24. The Morgan fingerprint density at radius 1 is 1.40 bits per heavy atom. The van der Waals surface area contributed by atoms with Crippen molar-refractivity contribution in [3.8, 4) is 0 Å². The van der Waals surface area contributed by atoms with E-state index in [2.05, 4.69) is 4.90 Å². The zero-order chi connectivity index (χ0) is 10.7. The third-order valence-electron chi connectivity index (χ3n) is 3.49. The molecule has 0 radical (unpaired) electrons. The minimum Gasteiger partial charge on any atom is -0.481 e. The summed E-state index contributed by atoms with van der Waals surface area (Å²) in [7, 11) is 0. The van der Waals surface area contributed by atoms with Crippen LogP contribution in [0.2, 0.25) is 0 Å². The third kappa shape index (κ3) is 2.92. The predicted molar refractivity (Wildman–Crippen MR) is 55.8 cm³/mol. The molecule has 2 rings (SSSR count). The van der Waals surface area contributed by atoms with Gasteiger partial charge in [0.2, 0.25) is 0 Å². The molecule has 2 saturated heterocycles. The van der Waals surface area contributed by atoms with Crippen LogP contribution in [0.3, 0.4) is 0 Å². The van der Waals surface area contributed by atoms with Crippen molar-refractivity contribution in [3.63, 3.8) is 0 Å². The summed E-state index contributed by atoms with van der Waals surface area (Å²) in [6.45, 7) is 4.12. The molecule has 0 spiro atoms. The van der Waals surface area contributed by atoms with Crippen LogP contribution in [0.5, 0.6) is 0 Å². The molecule has 2 aliphatic heterocycles. The molecule has 0 amide bonds. The number of nitrogens with zero attached hydrogens (tertiary/aromatic N) is 1. The second-order valence-corrected chi connectivity index (χ2v) is 4.60. The van der Waals surface area contributed by atoms with Crippen molar-refractivity contribution in [1.82, 2.24) is 4.90 Å². The van der Waals surface area contributed by atoms with Gasteiger partial charge in [-0.05, 0) is 32.4 Å². The molecule has 0 bridgehead atoms. The van der Waals surface area contributed by atoms with Crippen LogP contribution in [-0.4, -0.2) is 48.3 Å². The van der Waals surface area contributed by atoms with Crippen LogP contribution < -0.4 is 0 Å². The summed E-state index contributed by atoms with van der Waals surface area (Å²) in [6, 6.07) is 0.530. The van der Waals surface area contributed by atoms with Crippen LogP contribution in [-0.2, 0) is 9.53 Å².